The van der Waals surface area contributed by atoms with Crippen LogP contribution in [-0.2, 0) is 11.2 Å². The summed E-state index contributed by atoms with van der Waals surface area (Å²) in [6.45, 7) is 0. The first-order valence-electron chi connectivity index (χ1n) is 6.40. The van der Waals surface area contributed by atoms with Gasteiger partial charge in [-0.2, -0.15) is 5.10 Å². The van der Waals surface area contributed by atoms with Gasteiger partial charge in [0, 0.05) is 0 Å². The molecule has 0 atom stereocenters. The average Bonchev–Trinajstić information content (AvgIpc) is 2.92. The molecule has 0 aliphatic heterocycles. The molecule has 0 aliphatic rings. The lowest BCUT2D eigenvalue weighted by Gasteiger charge is -2.09. The highest BCUT2D eigenvalue weighted by Crippen LogP contribution is 2.27. The summed E-state index contributed by atoms with van der Waals surface area (Å²) >= 11 is 3.18. The van der Waals surface area contributed by atoms with Crippen molar-refractivity contribution in [1.82, 2.24) is 5.43 Å². The summed E-state index contributed by atoms with van der Waals surface area (Å²) in [5.74, 6) is 1.50. The van der Waals surface area contributed by atoms with Crippen LogP contribution in [0.4, 0.5) is 0 Å². The molecule has 1 heterocycles. The third kappa shape index (κ3) is 4.36. The Morgan fingerprint density at radius 3 is 2.68 bits per heavy atom. The molecule has 6 nitrogen and oxygen atoms in total. The largest absolute Gasteiger partial charge is 0.493 e. The fourth-order valence-corrected chi connectivity index (χ4v) is 2.10. The van der Waals surface area contributed by atoms with Gasteiger partial charge in [-0.1, -0.05) is 6.07 Å². The molecule has 1 aromatic heterocycles. The van der Waals surface area contributed by atoms with E-state index in [1.54, 1.807) is 44.6 Å². The van der Waals surface area contributed by atoms with Crippen LogP contribution in [0, 0.1) is 0 Å². The minimum absolute atomic E-state index is 0.180. The highest BCUT2D eigenvalue weighted by molar-refractivity contribution is 9.10. The molecule has 0 spiro atoms. The molecule has 1 N–H and O–H groups in total. The van der Waals surface area contributed by atoms with E-state index >= 15 is 0 Å². The molecule has 2 rings (SSSR count). The third-order valence-electron chi connectivity index (χ3n) is 2.79. The molecule has 0 fully saturated rings. The van der Waals surface area contributed by atoms with Gasteiger partial charge in [0.15, 0.2) is 16.2 Å². The number of nitrogens with one attached hydrogen (secondary N) is 1. The monoisotopic (exact) mass is 366 g/mol. The van der Waals surface area contributed by atoms with Gasteiger partial charge in [-0.25, -0.2) is 5.43 Å². The maximum atomic E-state index is 11.8. The molecule has 116 valence electrons. The van der Waals surface area contributed by atoms with Crippen LogP contribution in [0.15, 0.2) is 44.5 Å². The summed E-state index contributed by atoms with van der Waals surface area (Å²) in [5, 5.41) is 3.83. The van der Waals surface area contributed by atoms with Crippen LogP contribution in [0.5, 0.6) is 11.5 Å². The summed E-state index contributed by atoms with van der Waals surface area (Å²) in [6, 6.07) is 8.78. The van der Waals surface area contributed by atoms with Gasteiger partial charge in [-0.3, -0.25) is 4.79 Å². The van der Waals surface area contributed by atoms with E-state index in [4.69, 9.17) is 13.9 Å². The second-order valence-electron chi connectivity index (χ2n) is 4.30. The fourth-order valence-electron chi connectivity index (χ4n) is 1.78. The Bertz CT molecular complexity index is 682. The van der Waals surface area contributed by atoms with E-state index in [9.17, 15) is 4.79 Å². The number of carbonyl (C=O) groups is 1. The lowest BCUT2D eigenvalue weighted by atomic mass is 10.1. The number of ether oxygens (including phenoxy) is 2. The van der Waals surface area contributed by atoms with E-state index in [1.807, 2.05) is 0 Å². The first-order valence-corrected chi connectivity index (χ1v) is 7.20. The Labute approximate surface area is 136 Å². The number of nitrogens with zero attached hydrogens (tertiary/aromatic N) is 1. The van der Waals surface area contributed by atoms with Crippen molar-refractivity contribution in [3.05, 3.63) is 46.3 Å². The Hall–Kier alpha value is -2.28. The van der Waals surface area contributed by atoms with Crippen LogP contribution in [0.25, 0.3) is 0 Å². The number of benzene rings is 1. The number of methoxy groups -OCH3 is 2. The van der Waals surface area contributed by atoms with E-state index in [-0.39, 0.29) is 12.3 Å². The van der Waals surface area contributed by atoms with Crippen LogP contribution in [-0.4, -0.2) is 26.3 Å². The van der Waals surface area contributed by atoms with E-state index < -0.39 is 0 Å². The number of rotatable bonds is 6. The van der Waals surface area contributed by atoms with Crippen molar-refractivity contribution in [2.45, 2.75) is 6.42 Å². The number of halogens is 1. The average molecular weight is 367 g/mol. The van der Waals surface area contributed by atoms with Crippen LogP contribution >= 0.6 is 15.9 Å². The second kappa shape index (κ2) is 7.65. The summed E-state index contributed by atoms with van der Waals surface area (Å²) in [7, 11) is 3.11. The van der Waals surface area contributed by atoms with Crippen LogP contribution in [0.1, 0.15) is 11.3 Å². The molecule has 1 amide bonds. The van der Waals surface area contributed by atoms with Crippen molar-refractivity contribution < 1.29 is 18.7 Å². The maximum absolute atomic E-state index is 11.8. The smallest absolute Gasteiger partial charge is 0.244 e. The molecule has 7 heteroatoms. The van der Waals surface area contributed by atoms with E-state index in [1.165, 1.54) is 6.21 Å². The predicted octanol–water partition coefficient (Wildman–Crippen LogP) is 2.75. The van der Waals surface area contributed by atoms with E-state index in [0.29, 0.717) is 21.9 Å². The highest BCUT2D eigenvalue weighted by atomic mass is 79.9. The lowest BCUT2D eigenvalue weighted by molar-refractivity contribution is -0.120. The highest BCUT2D eigenvalue weighted by Gasteiger charge is 2.07. The molecule has 1 aromatic carbocycles. The van der Waals surface area contributed by atoms with Gasteiger partial charge in [0.2, 0.25) is 5.91 Å². The molecule has 0 saturated carbocycles. The SMILES string of the molecule is COc1ccc(CC(=O)N/N=C\c2ccc(Br)o2)cc1OC. The molecule has 0 saturated heterocycles. The number of hydrazone groups is 1. The second-order valence-corrected chi connectivity index (χ2v) is 5.08. The zero-order valence-electron chi connectivity index (χ0n) is 12.1. The van der Waals surface area contributed by atoms with E-state index in [2.05, 4.69) is 26.5 Å². The number of carbonyl (C=O) groups excluding carboxylic acids is 1. The zero-order chi connectivity index (χ0) is 15.9. The maximum Gasteiger partial charge on any atom is 0.244 e. The van der Waals surface area contributed by atoms with Crippen LogP contribution in [0.2, 0.25) is 0 Å². The Morgan fingerprint density at radius 1 is 1.27 bits per heavy atom. The molecular weight excluding hydrogens is 352 g/mol. The number of hydrogen-bond acceptors (Lipinski definition) is 5. The van der Waals surface area contributed by atoms with Crippen molar-refractivity contribution in [2.75, 3.05) is 14.2 Å². The Balaban J connectivity index is 1.93. The third-order valence-corrected chi connectivity index (χ3v) is 3.21. The fraction of sp³-hybridized carbons (Fsp3) is 0.200. The zero-order valence-corrected chi connectivity index (χ0v) is 13.7. The minimum atomic E-state index is -0.242. The number of hydrogen-bond donors (Lipinski definition) is 1. The topological polar surface area (TPSA) is 73.1 Å². The van der Waals surface area contributed by atoms with Crippen LogP contribution < -0.4 is 14.9 Å². The molecule has 2 aromatic rings. The molecule has 0 unspecified atom stereocenters. The van der Waals surface area contributed by atoms with Gasteiger partial charge in [-0.15, -0.1) is 0 Å². The predicted molar refractivity (Wildman–Crippen MR) is 85.4 cm³/mol. The van der Waals surface area contributed by atoms with Gasteiger partial charge >= 0.3 is 0 Å². The van der Waals surface area contributed by atoms with Crippen LogP contribution in [0.3, 0.4) is 0 Å². The normalized spacial score (nSPS) is 10.7. The summed E-state index contributed by atoms with van der Waals surface area (Å²) in [5.41, 5.74) is 3.24. The molecule has 0 radical (unpaired) electrons. The van der Waals surface area contributed by atoms with Gasteiger partial charge in [0.05, 0.1) is 26.9 Å². The van der Waals surface area contributed by atoms with Crippen molar-refractivity contribution in [3.8, 4) is 11.5 Å². The first kappa shape index (κ1) is 16.1. The summed E-state index contributed by atoms with van der Waals surface area (Å²) in [4.78, 5) is 11.8. The quantitative estimate of drug-likeness (QED) is 0.630. The van der Waals surface area contributed by atoms with Crippen molar-refractivity contribution in [2.24, 2.45) is 5.10 Å². The van der Waals surface area contributed by atoms with Gasteiger partial charge in [-0.05, 0) is 45.8 Å². The molecule has 0 aliphatic carbocycles. The first-order chi connectivity index (χ1) is 10.6. The molecular formula is C15H15BrN2O4. The summed E-state index contributed by atoms with van der Waals surface area (Å²) in [6.07, 6.45) is 1.61. The van der Waals surface area contributed by atoms with Gasteiger partial charge in [0.25, 0.3) is 0 Å². The molecule has 0 bridgehead atoms. The standard InChI is InChI=1S/C15H15BrN2O4/c1-20-12-5-3-10(7-13(12)21-2)8-15(19)18-17-9-11-4-6-14(16)22-11/h3-7,9H,8H2,1-2H3,(H,18,19)/b17-9-. The van der Waals surface area contributed by atoms with E-state index in [0.717, 1.165) is 5.56 Å². The minimum Gasteiger partial charge on any atom is -0.493 e. The van der Waals surface area contributed by atoms with Crippen molar-refractivity contribution in [1.29, 1.82) is 0 Å². The lowest BCUT2D eigenvalue weighted by Crippen LogP contribution is -2.19. The van der Waals surface area contributed by atoms with Gasteiger partial charge in [0.1, 0.15) is 5.76 Å². The van der Waals surface area contributed by atoms with Gasteiger partial charge < -0.3 is 13.9 Å². The molecule has 22 heavy (non-hydrogen) atoms. The number of furan rings is 1. The summed E-state index contributed by atoms with van der Waals surface area (Å²) < 4.78 is 16.2. The Kier molecular flexibility index (Phi) is 5.60. The van der Waals surface area contributed by atoms with Crippen molar-refractivity contribution >= 4 is 28.1 Å². The van der Waals surface area contributed by atoms with Crippen molar-refractivity contribution in [3.63, 3.8) is 0 Å². The Morgan fingerprint density at radius 2 is 2.05 bits per heavy atom. The number of amides is 1.